The zero-order chi connectivity index (χ0) is 20.4. The van der Waals surface area contributed by atoms with Gasteiger partial charge in [0.15, 0.2) is 11.5 Å². The van der Waals surface area contributed by atoms with Crippen molar-refractivity contribution in [2.24, 2.45) is 0 Å². The zero-order valence-electron chi connectivity index (χ0n) is 15.5. The van der Waals surface area contributed by atoms with Gasteiger partial charge in [0.05, 0.1) is 24.8 Å². The summed E-state index contributed by atoms with van der Waals surface area (Å²) in [5, 5.41) is 30.5. The molecule has 0 aliphatic carbocycles. The highest BCUT2D eigenvalue weighted by Crippen LogP contribution is 2.41. The minimum Gasteiger partial charge on any atom is -0.507 e. The lowest BCUT2D eigenvalue weighted by atomic mass is 9.95. The number of likely N-dealkylation sites (tertiary alicyclic amines) is 1. The van der Waals surface area contributed by atoms with Gasteiger partial charge in [-0.3, -0.25) is 9.59 Å². The largest absolute Gasteiger partial charge is 0.507 e. The van der Waals surface area contributed by atoms with Crippen LogP contribution in [0.2, 0.25) is 0 Å². The van der Waals surface area contributed by atoms with Gasteiger partial charge >= 0.3 is 0 Å². The van der Waals surface area contributed by atoms with Crippen LogP contribution in [-0.2, 0) is 9.59 Å². The molecular formula is C21H21NO6. The quantitative estimate of drug-likeness (QED) is 0.415. The summed E-state index contributed by atoms with van der Waals surface area (Å²) in [4.78, 5) is 26.6. The summed E-state index contributed by atoms with van der Waals surface area (Å²) in [6.07, 6.45) is -0.878. The Morgan fingerprint density at radius 1 is 1.18 bits per heavy atom. The lowest BCUT2D eigenvalue weighted by Gasteiger charge is -2.26. The Morgan fingerprint density at radius 3 is 2.46 bits per heavy atom. The number of carbonyl (C=O) groups excluding carboxylic acids is 2. The van der Waals surface area contributed by atoms with Crippen LogP contribution in [0.4, 0.5) is 0 Å². The van der Waals surface area contributed by atoms with Crippen LogP contribution < -0.4 is 4.74 Å². The number of hydrogen-bond acceptors (Lipinski definition) is 6. The van der Waals surface area contributed by atoms with Crippen LogP contribution in [0, 0.1) is 0 Å². The molecular weight excluding hydrogens is 362 g/mol. The number of carbonyl (C=O) groups is 2. The van der Waals surface area contributed by atoms with Crippen molar-refractivity contribution in [1.82, 2.24) is 4.90 Å². The van der Waals surface area contributed by atoms with Gasteiger partial charge in [-0.1, -0.05) is 36.4 Å². The van der Waals surface area contributed by atoms with Crippen LogP contribution in [0.1, 0.15) is 24.1 Å². The molecule has 1 aliphatic rings. The Hall–Kier alpha value is -3.32. The third kappa shape index (κ3) is 3.44. The molecule has 2 aromatic rings. The molecule has 1 saturated heterocycles. The van der Waals surface area contributed by atoms with E-state index < -0.39 is 23.8 Å². The maximum Gasteiger partial charge on any atom is 0.295 e. The summed E-state index contributed by atoms with van der Waals surface area (Å²) in [6, 6.07) is 12.0. The van der Waals surface area contributed by atoms with E-state index >= 15 is 0 Å². The number of amides is 1. The Kier molecular flexibility index (Phi) is 5.37. The van der Waals surface area contributed by atoms with Gasteiger partial charge in [0.25, 0.3) is 11.7 Å². The van der Waals surface area contributed by atoms with Crippen molar-refractivity contribution < 1.29 is 29.6 Å². The molecule has 28 heavy (non-hydrogen) atoms. The molecule has 0 radical (unpaired) electrons. The summed E-state index contributed by atoms with van der Waals surface area (Å²) in [6.45, 7) is 1.41. The highest BCUT2D eigenvalue weighted by Gasteiger charge is 2.46. The minimum atomic E-state index is -0.927. The van der Waals surface area contributed by atoms with Crippen molar-refractivity contribution in [2.75, 3.05) is 13.7 Å². The van der Waals surface area contributed by atoms with E-state index in [-0.39, 0.29) is 29.4 Å². The number of nitrogens with zero attached hydrogens (tertiary/aromatic N) is 1. The average Bonchev–Trinajstić information content (AvgIpc) is 2.93. The standard InChI is InChI=1S/C21H21NO6/c1-12(23)11-22-18(14-8-9-15(24)16(10-14)28-2)17(20(26)21(22)27)19(25)13-6-4-3-5-7-13/h3-10,12,18,23-25H,11H2,1-2H3/t12-,18-/m0/s1. The van der Waals surface area contributed by atoms with Crippen LogP contribution in [0.25, 0.3) is 5.76 Å². The Balaban J connectivity index is 2.21. The number of phenols is 1. The summed E-state index contributed by atoms with van der Waals surface area (Å²) >= 11 is 0. The smallest absolute Gasteiger partial charge is 0.295 e. The molecule has 3 rings (SSSR count). The number of benzene rings is 2. The molecule has 0 bridgehead atoms. The van der Waals surface area contributed by atoms with E-state index in [1.807, 2.05) is 0 Å². The molecule has 7 heteroatoms. The van der Waals surface area contributed by atoms with Gasteiger partial charge in [-0.05, 0) is 24.6 Å². The maximum atomic E-state index is 12.7. The predicted molar refractivity (Wildman–Crippen MR) is 102 cm³/mol. The third-order valence-corrected chi connectivity index (χ3v) is 4.57. The SMILES string of the molecule is COc1cc([C@H]2C(=C(O)c3ccccc3)C(=O)C(=O)N2C[C@H](C)O)ccc1O. The first-order valence-corrected chi connectivity index (χ1v) is 8.74. The number of aliphatic hydroxyl groups excluding tert-OH is 2. The number of methoxy groups -OCH3 is 1. The van der Waals surface area contributed by atoms with Gasteiger partial charge < -0.3 is 25.0 Å². The molecule has 0 unspecified atom stereocenters. The van der Waals surface area contributed by atoms with Crippen molar-refractivity contribution in [3.63, 3.8) is 0 Å². The van der Waals surface area contributed by atoms with Crippen molar-refractivity contribution in [3.8, 4) is 11.5 Å². The average molecular weight is 383 g/mol. The molecule has 0 aromatic heterocycles. The van der Waals surface area contributed by atoms with Crippen LogP contribution in [0.3, 0.4) is 0 Å². The van der Waals surface area contributed by atoms with E-state index in [1.165, 1.54) is 31.1 Å². The van der Waals surface area contributed by atoms with Crippen LogP contribution >= 0.6 is 0 Å². The first kappa shape index (κ1) is 19.4. The van der Waals surface area contributed by atoms with Crippen LogP contribution in [0.15, 0.2) is 54.1 Å². The fourth-order valence-corrected chi connectivity index (χ4v) is 3.32. The molecule has 1 amide bonds. The Labute approximate surface area is 162 Å². The molecule has 146 valence electrons. The number of β-amino-alcohol motifs (C(OH)–C–C–N with tert-alkyl or cyclic N) is 1. The minimum absolute atomic E-state index is 0.0791. The number of phenolic OH excluding ortho intramolecular Hbond substituents is 1. The van der Waals surface area contributed by atoms with Gasteiger partial charge in [-0.2, -0.15) is 0 Å². The molecule has 0 saturated carbocycles. The van der Waals surface area contributed by atoms with Gasteiger partial charge in [0.2, 0.25) is 0 Å². The Bertz CT molecular complexity index is 935. The second-order valence-corrected chi connectivity index (χ2v) is 6.60. The summed E-state index contributed by atoms with van der Waals surface area (Å²) in [5.41, 5.74) is 0.782. The van der Waals surface area contributed by atoms with E-state index in [0.29, 0.717) is 11.1 Å². The summed E-state index contributed by atoms with van der Waals surface area (Å²) < 4.78 is 5.13. The van der Waals surface area contributed by atoms with Crippen molar-refractivity contribution in [1.29, 1.82) is 0 Å². The topological polar surface area (TPSA) is 107 Å². The highest BCUT2D eigenvalue weighted by atomic mass is 16.5. The molecule has 1 aliphatic heterocycles. The monoisotopic (exact) mass is 383 g/mol. The molecule has 2 atom stereocenters. The molecule has 1 fully saturated rings. The first-order valence-electron chi connectivity index (χ1n) is 8.74. The van der Waals surface area contributed by atoms with E-state index in [1.54, 1.807) is 36.4 Å². The van der Waals surface area contributed by atoms with E-state index in [4.69, 9.17) is 4.74 Å². The second kappa shape index (κ2) is 7.74. The number of aliphatic hydroxyl groups is 2. The number of rotatable bonds is 5. The van der Waals surface area contributed by atoms with Crippen molar-refractivity contribution in [3.05, 3.63) is 65.2 Å². The number of ether oxygens (including phenoxy) is 1. The van der Waals surface area contributed by atoms with Gasteiger partial charge in [-0.15, -0.1) is 0 Å². The summed E-state index contributed by atoms with van der Waals surface area (Å²) in [7, 11) is 1.38. The van der Waals surface area contributed by atoms with Crippen molar-refractivity contribution in [2.45, 2.75) is 19.1 Å². The van der Waals surface area contributed by atoms with Gasteiger partial charge in [0.1, 0.15) is 5.76 Å². The van der Waals surface area contributed by atoms with E-state index in [9.17, 15) is 24.9 Å². The fourth-order valence-electron chi connectivity index (χ4n) is 3.32. The third-order valence-electron chi connectivity index (χ3n) is 4.57. The van der Waals surface area contributed by atoms with Gasteiger partial charge in [-0.25, -0.2) is 0 Å². The molecule has 7 nitrogen and oxygen atoms in total. The molecule has 0 spiro atoms. The lowest BCUT2D eigenvalue weighted by molar-refractivity contribution is -0.140. The second-order valence-electron chi connectivity index (χ2n) is 6.60. The predicted octanol–water partition coefficient (Wildman–Crippen LogP) is 2.20. The zero-order valence-corrected chi connectivity index (χ0v) is 15.5. The first-order chi connectivity index (χ1) is 13.3. The Morgan fingerprint density at radius 2 is 1.86 bits per heavy atom. The van der Waals surface area contributed by atoms with E-state index in [0.717, 1.165) is 0 Å². The van der Waals surface area contributed by atoms with E-state index in [2.05, 4.69) is 0 Å². The maximum absolute atomic E-state index is 12.7. The normalized spacial score (nSPS) is 19.7. The lowest BCUT2D eigenvalue weighted by Crippen LogP contribution is -2.35. The summed E-state index contributed by atoms with van der Waals surface area (Å²) in [5.74, 6) is -1.87. The van der Waals surface area contributed by atoms with Crippen LogP contribution in [-0.4, -0.2) is 51.7 Å². The molecule has 2 aromatic carbocycles. The van der Waals surface area contributed by atoms with Gasteiger partial charge in [0, 0.05) is 12.1 Å². The van der Waals surface area contributed by atoms with Crippen LogP contribution in [0.5, 0.6) is 11.5 Å². The molecule has 1 heterocycles. The number of hydrogen-bond donors (Lipinski definition) is 3. The molecule has 3 N–H and O–H groups in total. The van der Waals surface area contributed by atoms with Crippen molar-refractivity contribution >= 4 is 17.4 Å². The fraction of sp³-hybridized carbons (Fsp3) is 0.238. The number of ketones is 1. The highest BCUT2D eigenvalue weighted by molar-refractivity contribution is 6.46. The number of Topliss-reactive ketones (excluding diaryl/α,β-unsaturated/α-hetero) is 1. The number of aromatic hydroxyl groups is 1.